The van der Waals surface area contributed by atoms with Crippen molar-refractivity contribution in [1.29, 1.82) is 0 Å². The highest BCUT2D eigenvalue weighted by molar-refractivity contribution is 6.35. The highest BCUT2D eigenvalue weighted by atomic mass is 35.5. The second-order valence-electron chi connectivity index (χ2n) is 4.85. The quantitative estimate of drug-likeness (QED) is 0.920. The maximum absolute atomic E-state index is 9.97. The van der Waals surface area contributed by atoms with Gasteiger partial charge >= 0.3 is 0 Å². The average molecular weight is 304 g/mol. The molecule has 5 heteroatoms. The molecule has 2 rings (SSSR count). The molecule has 19 heavy (non-hydrogen) atoms. The molecule has 1 aromatic rings. The van der Waals surface area contributed by atoms with Crippen LogP contribution in [0.5, 0.6) is 5.75 Å². The van der Waals surface area contributed by atoms with Crippen LogP contribution in [0.1, 0.15) is 25.3 Å². The van der Waals surface area contributed by atoms with E-state index in [0.29, 0.717) is 16.6 Å². The zero-order valence-corrected chi connectivity index (χ0v) is 12.5. The molecule has 0 spiro atoms. The lowest BCUT2D eigenvalue weighted by molar-refractivity contribution is 0.00346. The summed E-state index contributed by atoms with van der Waals surface area (Å²) in [5, 5.41) is 10.8. The maximum Gasteiger partial charge on any atom is 0.138 e. The van der Waals surface area contributed by atoms with E-state index in [1.807, 2.05) is 6.92 Å². The third kappa shape index (κ3) is 3.99. The van der Waals surface area contributed by atoms with Crippen LogP contribution < -0.4 is 0 Å². The van der Waals surface area contributed by atoms with Crippen LogP contribution in [-0.4, -0.2) is 35.8 Å². The molecular weight excluding hydrogens is 285 g/mol. The van der Waals surface area contributed by atoms with Crippen LogP contribution in [-0.2, 0) is 11.3 Å². The van der Waals surface area contributed by atoms with E-state index in [1.165, 1.54) is 0 Å². The van der Waals surface area contributed by atoms with Crippen molar-refractivity contribution >= 4 is 23.2 Å². The van der Waals surface area contributed by atoms with E-state index < -0.39 is 0 Å². The Balaban J connectivity index is 2.04. The van der Waals surface area contributed by atoms with E-state index in [9.17, 15) is 5.11 Å². The third-order valence-electron chi connectivity index (χ3n) is 3.37. The van der Waals surface area contributed by atoms with E-state index in [0.717, 1.165) is 38.1 Å². The molecule has 1 N–H and O–H groups in total. The van der Waals surface area contributed by atoms with Crippen LogP contribution in [0.15, 0.2) is 12.1 Å². The Hall–Kier alpha value is -0.480. The van der Waals surface area contributed by atoms with Crippen molar-refractivity contribution in [3.63, 3.8) is 0 Å². The standard InChI is InChI=1S/C14H19Cl2NO2/c1-2-19-12-4-3-5-17(9-12)8-10-6-11(15)7-13(16)14(10)18/h6-7,12,18H,2-5,8-9H2,1H3. The van der Waals surface area contributed by atoms with E-state index in [-0.39, 0.29) is 11.9 Å². The molecule has 0 amide bonds. The van der Waals surface area contributed by atoms with Gasteiger partial charge in [0.1, 0.15) is 5.75 Å². The zero-order valence-electron chi connectivity index (χ0n) is 11.0. The Morgan fingerprint density at radius 1 is 1.42 bits per heavy atom. The highest BCUT2D eigenvalue weighted by Gasteiger charge is 2.21. The molecule has 1 unspecified atom stereocenters. The Bertz CT molecular complexity index is 438. The molecular formula is C14H19Cl2NO2. The first-order chi connectivity index (χ1) is 9.10. The first kappa shape index (κ1) is 14.9. The summed E-state index contributed by atoms with van der Waals surface area (Å²) in [5.74, 6) is 0.129. The smallest absolute Gasteiger partial charge is 0.138 e. The molecule has 1 aliphatic heterocycles. The average Bonchev–Trinajstić information content (AvgIpc) is 2.36. The predicted octanol–water partition coefficient (Wildman–Crippen LogP) is 3.70. The van der Waals surface area contributed by atoms with Crippen LogP contribution >= 0.6 is 23.2 Å². The molecule has 1 fully saturated rings. The predicted molar refractivity (Wildman–Crippen MR) is 78.1 cm³/mol. The summed E-state index contributed by atoms with van der Waals surface area (Å²) < 4.78 is 5.67. The molecule has 106 valence electrons. The van der Waals surface area contributed by atoms with Gasteiger partial charge in [-0.15, -0.1) is 0 Å². The lowest BCUT2D eigenvalue weighted by Crippen LogP contribution is -2.39. The molecule has 1 saturated heterocycles. The fourth-order valence-corrected chi connectivity index (χ4v) is 3.04. The van der Waals surface area contributed by atoms with Gasteiger partial charge in [0.15, 0.2) is 0 Å². The van der Waals surface area contributed by atoms with E-state index in [2.05, 4.69) is 4.90 Å². The van der Waals surface area contributed by atoms with Crippen molar-refractivity contribution < 1.29 is 9.84 Å². The summed E-state index contributed by atoms with van der Waals surface area (Å²) in [6, 6.07) is 3.33. The van der Waals surface area contributed by atoms with E-state index >= 15 is 0 Å². The Morgan fingerprint density at radius 2 is 2.21 bits per heavy atom. The lowest BCUT2D eigenvalue weighted by Gasteiger charge is -2.32. The lowest BCUT2D eigenvalue weighted by atomic mass is 10.1. The molecule has 3 nitrogen and oxygen atoms in total. The number of halogens is 2. The van der Waals surface area contributed by atoms with E-state index in [1.54, 1.807) is 12.1 Å². The number of ether oxygens (including phenoxy) is 1. The third-order valence-corrected chi connectivity index (χ3v) is 3.87. The molecule has 0 aliphatic carbocycles. The van der Waals surface area contributed by atoms with Gasteiger partial charge in [-0.25, -0.2) is 0 Å². The summed E-state index contributed by atoms with van der Waals surface area (Å²) in [4.78, 5) is 2.27. The fourth-order valence-electron chi connectivity index (χ4n) is 2.51. The molecule has 1 aliphatic rings. The van der Waals surface area contributed by atoms with Gasteiger partial charge in [0.2, 0.25) is 0 Å². The molecule has 0 radical (unpaired) electrons. The van der Waals surface area contributed by atoms with Crippen molar-refractivity contribution in [2.45, 2.75) is 32.4 Å². The van der Waals surface area contributed by atoms with Crippen LogP contribution in [0.3, 0.4) is 0 Å². The van der Waals surface area contributed by atoms with Crippen molar-refractivity contribution in [2.75, 3.05) is 19.7 Å². The van der Waals surface area contributed by atoms with Crippen molar-refractivity contribution in [1.82, 2.24) is 4.90 Å². The number of nitrogens with zero attached hydrogens (tertiary/aromatic N) is 1. The van der Waals surface area contributed by atoms with Gasteiger partial charge in [-0.1, -0.05) is 23.2 Å². The molecule has 0 bridgehead atoms. The van der Waals surface area contributed by atoms with Gasteiger partial charge < -0.3 is 9.84 Å². The summed E-state index contributed by atoms with van der Waals surface area (Å²) in [6.07, 6.45) is 2.50. The number of phenolic OH excluding ortho intramolecular Hbond substituents is 1. The van der Waals surface area contributed by atoms with Gasteiger partial charge in [-0.3, -0.25) is 4.90 Å². The number of phenols is 1. The number of likely N-dealkylation sites (tertiary alicyclic amines) is 1. The molecule has 1 aromatic carbocycles. The summed E-state index contributed by atoms with van der Waals surface area (Å²) in [7, 11) is 0. The second kappa shape index (κ2) is 6.80. The van der Waals surface area contributed by atoms with Crippen LogP contribution in [0, 0.1) is 0 Å². The van der Waals surface area contributed by atoms with E-state index in [4.69, 9.17) is 27.9 Å². The van der Waals surface area contributed by atoms with Gasteiger partial charge in [-0.05, 0) is 38.4 Å². The van der Waals surface area contributed by atoms with Crippen LogP contribution in [0.4, 0.5) is 0 Å². The topological polar surface area (TPSA) is 32.7 Å². The largest absolute Gasteiger partial charge is 0.506 e. The SMILES string of the molecule is CCOC1CCCN(Cc2cc(Cl)cc(Cl)c2O)C1. The van der Waals surface area contributed by atoms with Gasteiger partial charge in [-0.2, -0.15) is 0 Å². The molecule has 0 aromatic heterocycles. The number of aromatic hydroxyl groups is 1. The van der Waals surface area contributed by atoms with Crippen molar-refractivity contribution in [3.8, 4) is 5.75 Å². The monoisotopic (exact) mass is 303 g/mol. The minimum absolute atomic E-state index is 0.129. The number of hydrogen-bond donors (Lipinski definition) is 1. The number of hydrogen-bond acceptors (Lipinski definition) is 3. The van der Waals surface area contributed by atoms with Crippen molar-refractivity contribution in [3.05, 3.63) is 27.7 Å². The molecule has 0 saturated carbocycles. The first-order valence-corrected chi connectivity index (χ1v) is 7.36. The minimum atomic E-state index is 0.129. The number of benzene rings is 1. The normalized spacial score (nSPS) is 20.7. The Labute approximate surface area is 124 Å². The Morgan fingerprint density at radius 3 is 2.95 bits per heavy atom. The van der Waals surface area contributed by atoms with Gasteiger partial charge in [0, 0.05) is 30.3 Å². The summed E-state index contributed by atoms with van der Waals surface area (Å²) >= 11 is 11.9. The van der Waals surface area contributed by atoms with Crippen LogP contribution in [0.25, 0.3) is 0 Å². The van der Waals surface area contributed by atoms with Gasteiger partial charge in [0.05, 0.1) is 11.1 Å². The number of rotatable bonds is 4. The summed E-state index contributed by atoms with van der Waals surface area (Å²) in [5.41, 5.74) is 0.773. The Kier molecular flexibility index (Phi) is 5.34. The zero-order chi connectivity index (χ0) is 13.8. The van der Waals surface area contributed by atoms with Gasteiger partial charge in [0.25, 0.3) is 0 Å². The summed E-state index contributed by atoms with van der Waals surface area (Å²) in [6.45, 7) is 5.30. The van der Waals surface area contributed by atoms with Crippen molar-refractivity contribution in [2.24, 2.45) is 0 Å². The second-order valence-corrected chi connectivity index (χ2v) is 5.69. The highest BCUT2D eigenvalue weighted by Crippen LogP contribution is 2.32. The molecule has 1 atom stereocenters. The molecule has 1 heterocycles. The minimum Gasteiger partial charge on any atom is -0.506 e. The van der Waals surface area contributed by atoms with Crippen LogP contribution in [0.2, 0.25) is 10.0 Å². The fraction of sp³-hybridized carbons (Fsp3) is 0.571. The number of piperidine rings is 1. The maximum atomic E-state index is 9.97. The first-order valence-electron chi connectivity index (χ1n) is 6.61.